The largest absolute Gasteiger partial charge is 0.508 e. The number of ketones is 1. The molecule has 0 radical (unpaired) electrons. The first kappa shape index (κ1) is 19.4. The van der Waals surface area contributed by atoms with E-state index in [0.29, 0.717) is 24.7 Å². The van der Waals surface area contributed by atoms with Crippen LogP contribution in [0.15, 0.2) is 18.2 Å². The highest BCUT2D eigenvalue weighted by Gasteiger charge is 2.60. The van der Waals surface area contributed by atoms with Gasteiger partial charge in [0.2, 0.25) is 0 Å². The second-order valence-corrected chi connectivity index (χ2v) is 9.99. The van der Waals surface area contributed by atoms with Crippen molar-refractivity contribution in [2.75, 3.05) is 5.33 Å². The monoisotopic (exact) mass is 436 g/mol. The molecule has 6 atom stereocenters. The molecule has 2 fully saturated rings. The van der Waals surface area contributed by atoms with Gasteiger partial charge < -0.3 is 5.11 Å². The Morgan fingerprint density at radius 3 is 2.89 bits per heavy atom. The number of halogens is 2. The molecule has 0 amide bonds. The fourth-order valence-corrected chi connectivity index (χ4v) is 6.91. The molecule has 1 N–H and O–H groups in total. The second-order valence-electron chi connectivity index (χ2n) is 9.19. The van der Waals surface area contributed by atoms with E-state index in [-0.39, 0.29) is 23.4 Å². The van der Waals surface area contributed by atoms with Crippen molar-refractivity contribution >= 4 is 21.7 Å². The smallest absolute Gasteiger partial charge is 0.139 e. The van der Waals surface area contributed by atoms with Gasteiger partial charge in [-0.05, 0) is 73.1 Å². The Morgan fingerprint density at radius 2 is 2.11 bits per heavy atom. The van der Waals surface area contributed by atoms with E-state index in [1.165, 1.54) is 12.8 Å². The van der Waals surface area contributed by atoms with Crippen molar-refractivity contribution in [1.82, 2.24) is 0 Å². The van der Waals surface area contributed by atoms with Crippen LogP contribution in [0.4, 0.5) is 4.39 Å². The molecule has 3 aliphatic rings. The number of phenols is 1. The van der Waals surface area contributed by atoms with Crippen LogP contribution in [-0.4, -0.2) is 22.4 Å². The van der Waals surface area contributed by atoms with Gasteiger partial charge in [-0.2, -0.15) is 0 Å². The first-order valence-electron chi connectivity index (χ1n) is 10.5. The first-order chi connectivity index (χ1) is 13.0. The van der Waals surface area contributed by atoms with Gasteiger partial charge in [0.05, 0.1) is 0 Å². The number of fused-ring (bicyclic) bond motifs is 5. The number of carbonyl (C=O) groups is 1. The third-order valence-electron chi connectivity index (χ3n) is 7.75. The van der Waals surface area contributed by atoms with Crippen molar-refractivity contribution in [3.05, 3.63) is 29.3 Å². The molecule has 3 aliphatic carbocycles. The van der Waals surface area contributed by atoms with Crippen LogP contribution in [0.5, 0.6) is 5.75 Å². The zero-order valence-electron chi connectivity index (χ0n) is 16.1. The van der Waals surface area contributed by atoms with Crippen LogP contribution in [-0.2, 0) is 11.2 Å². The lowest BCUT2D eigenvalue weighted by atomic mass is 9.51. The number of carbonyl (C=O) groups excluding carboxylic acids is 1. The van der Waals surface area contributed by atoms with Gasteiger partial charge >= 0.3 is 0 Å². The van der Waals surface area contributed by atoms with Gasteiger partial charge in [-0.1, -0.05) is 41.8 Å². The minimum absolute atomic E-state index is 0.112. The van der Waals surface area contributed by atoms with Gasteiger partial charge in [0, 0.05) is 23.1 Å². The van der Waals surface area contributed by atoms with E-state index >= 15 is 4.39 Å². The molecule has 0 heterocycles. The van der Waals surface area contributed by atoms with Crippen LogP contribution in [0, 0.1) is 23.2 Å². The van der Waals surface area contributed by atoms with E-state index in [2.05, 4.69) is 15.9 Å². The van der Waals surface area contributed by atoms with E-state index in [9.17, 15) is 9.90 Å². The summed E-state index contributed by atoms with van der Waals surface area (Å²) in [4.78, 5) is 12.6. The maximum absolute atomic E-state index is 15.6. The molecular formula is C23H30BrFO2. The number of aromatic hydroxyl groups is 1. The molecule has 4 heteroatoms. The summed E-state index contributed by atoms with van der Waals surface area (Å²) in [5.74, 6) is 1.42. The normalized spacial score (nSPS) is 37.6. The lowest BCUT2D eigenvalue weighted by Crippen LogP contribution is -2.50. The number of hydrogen-bond acceptors (Lipinski definition) is 2. The molecule has 0 saturated heterocycles. The van der Waals surface area contributed by atoms with Gasteiger partial charge in [0.15, 0.2) is 0 Å². The van der Waals surface area contributed by atoms with Crippen LogP contribution >= 0.6 is 15.9 Å². The van der Waals surface area contributed by atoms with Crippen molar-refractivity contribution < 1.29 is 14.3 Å². The summed E-state index contributed by atoms with van der Waals surface area (Å²) >= 11 is 3.50. The van der Waals surface area contributed by atoms with Crippen LogP contribution in [0.3, 0.4) is 0 Å². The minimum Gasteiger partial charge on any atom is -0.508 e. The Kier molecular flexibility index (Phi) is 5.39. The van der Waals surface area contributed by atoms with Crippen molar-refractivity contribution in [3.63, 3.8) is 0 Å². The number of benzene rings is 1. The molecule has 1 aromatic carbocycles. The summed E-state index contributed by atoms with van der Waals surface area (Å²) in [5, 5.41) is 11.0. The fourth-order valence-electron chi connectivity index (χ4n) is 6.51. The highest BCUT2D eigenvalue weighted by atomic mass is 79.9. The lowest BCUT2D eigenvalue weighted by Gasteiger charge is -2.53. The maximum atomic E-state index is 15.6. The van der Waals surface area contributed by atoms with Crippen LogP contribution in [0.25, 0.3) is 0 Å². The maximum Gasteiger partial charge on any atom is 0.139 e. The molecule has 0 spiro atoms. The van der Waals surface area contributed by atoms with Crippen LogP contribution < -0.4 is 0 Å². The molecule has 4 rings (SSSR count). The van der Waals surface area contributed by atoms with Gasteiger partial charge in [-0.3, -0.25) is 4.79 Å². The minimum atomic E-state index is -0.966. The van der Waals surface area contributed by atoms with Crippen molar-refractivity contribution in [2.45, 2.75) is 70.4 Å². The number of alkyl halides is 2. The molecule has 2 nitrogen and oxygen atoms in total. The highest BCUT2D eigenvalue weighted by molar-refractivity contribution is 9.09. The molecule has 1 aromatic rings. The Hall–Kier alpha value is -0.900. The molecular weight excluding hydrogens is 407 g/mol. The zero-order chi connectivity index (χ0) is 19.2. The third kappa shape index (κ3) is 3.26. The van der Waals surface area contributed by atoms with E-state index in [4.69, 9.17) is 0 Å². The molecule has 27 heavy (non-hydrogen) atoms. The Bertz CT molecular complexity index is 720. The van der Waals surface area contributed by atoms with Crippen molar-refractivity contribution in [2.24, 2.45) is 23.2 Å². The van der Waals surface area contributed by atoms with Gasteiger partial charge in [-0.15, -0.1) is 0 Å². The average Bonchev–Trinajstić information content (AvgIpc) is 2.92. The quantitative estimate of drug-likeness (QED) is 0.457. The standard InChI is InChI=1S/C23H30BrFO2/c1-23-13-19(25)22-17-7-6-16(26)12-15(17)11-14(5-3-2-4-10-24)21(22)18(23)8-9-20(23)27/h6-7,12,14,18-19,21-22,26H,2-5,8-11,13H2,1H3/t14?,18-,19?,21-,22-,23-/m0/s1. The fraction of sp³-hybridized carbons (Fsp3) is 0.696. The number of rotatable bonds is 5. The van der Waals surface area contributed by atoms with Crippen molar-refractivity contribution in [3.8, 4) is 5.75 Å². The van der Waals surface area contributed by atoms with Gasteiger partial charge in [-0.25, -0.2) is 4.39 Å². The molecule has 2 saturated carbocycles. The number of hydrogen-bond donors (Lipinski definition) is 1. The van der Waals surface area contributed by atoms with Gasteiger partial charge in [0.25, 0.3) is 0 Å². The van der Waals surface area contributed by atoms with Crippen LogP contribution in [0.2, 0.25) is 0 Å². The highest BCUT2D eigenvalue weighted by Crippen LogP contribution is 2.62. The summed E-state index contributed by atoms with van der Waals surface area (Å²) in [6.07, 6.45) is 6.46. The second kappa shape index (κ2) is 7.50. The lowest BCUT2D eigenvalue weighted by molar-refractivity contribution is -0.132. The molecule has 2 unspecified atom stereocenters. The number of Topliss-reactive ketones (excluding diaryl/α,β-unsaturated/α-hetero) is 1. The molecule has 0 bridgehead atoms. The molecule has 0 aromatic heterocycles. The predicted molar refractivity (Wildman–Crippen MR) is 109 cm³/mol. The van der Waals surface area contributed by atoms with Crippen molar-refractivity contribution in [1.29, 1.82) is 0 Å². The average molecular weight is 437 g/mol. The van der Waals surface area contributed by atoms with E-state index in [1.807, 2.05) is 19.1 Å². The Balaban J connectivity index is 1.70. The van der Waals surface area contributed by atoms with Gasteiger partial charge in [0.1, 0.15) is 17.7 Å². The van der Waals surface area contributed by atoms with E-state index in [0.717, 1.165) is 42.1 Å². The SMILES string of the molecule is C[C@]12CC(F)[C@@H]3c4ccc(O)cc4CC(CCCCCBr)[C@H]3[C@@H]1CCC2=O. The van der Waals surface area contributed by atoms with E-state index < -0.39 is 11.6 Å². The predicted octanol–water partition coefficient (Wildman–Crippen LogP) is 5.95. The topological polar surface area (TPSA) is 37.3 Å². The molecule has 148 valence electrons. The summed E-state index contributed by atoms with van der Waals surface area (Å²) in [6.45, 7) is 2.03. The third-order valence-corrected chi connectivity index (χ3v) is 8.31. The number of phenolic OH excluding ortho intramolecular Hbond substituents is 1. The van der Waals surface area contributed by atoms with E-state index in [1.54, 1.807) is 6.07 Å². The Morgan fingerprint density at radius 1 is 1.30 bits per heavy atom. The zero-order valence-corrected chi connectivity index (χ0v) is 17.7. The van der Waals surface area contributed by atoms with Crippen LogP contribution in [0.1, 0.15) is 68.9 Å². The summed E-state index contributed by atoms with van der Waals surface area (Å²) < 4.78 is 15.6. The Labute approximate surface area is 170 Å². The first-order valence-corrected chi connectivity index (χ1v) is 11.6. The summed E-state index contributed by atoms with van der Waals surface area (Å²) in [5.41, 5.74) is 1.74. The summed E-state index contributed by atoms with van der Waals surface area (Å²) in [7, 11) is 0. The number of unbranched alkanes of at least 4 members (excludes halogenated alkanes) is 2. The molecule has 0 aliphatic heterocycles. The summed E-state index contributed by atoms with van der Waals surface area (Å²) in [6, 6.07) is 5.49.